The van der Waals surface area contributed by atoms with Gasteiger partial charge in [0.25, 0.3) is 0 Å². The zero-order valence-corrected chi connectivity index (χ0v) is 7.89. The average molecular weight is 172 g/mol. The molecule has 0 fully saturated rings. The molecule has 0 heterocycles. The minimum absolute atomic E-state index is 1.04. The van der Waals surface area contributed by atoms with Crippen molar-refractivity contribution in [3.8, 4) is 0 Å². The fourth-order valence-corrected chi connectivity index (χ4v) is 1.07. The number of hydrogen-bond acceptors (Lipinski definition) is 0. The van der Waals surface area contributed by atoms with Gasteiger partial charge in [0.05, 0.1) is 0 Å². The van der Waals surface area contributed by atoms with Gasteiger partial charge in [0.1, 0.15) is 0 Å². The summed E-state index contributed by atoms with van der Waals surface area (Å²) in [4.78, 5) is 0. The maximum absolute atomic E-state index is 2.24. The van der Waals surface area contributed by atoms with E-state index in [4.69, 9.17) is 0 Å². The molecule has 13 heavy (non-hydrogen) atoms. The molecule has 0 atom stereocenters. The first-order chi connectivity index (χ1) is 6.50. The maximum atomic E-state index is 2.24. The minimum atomic E-state index is 1.04. The van der Waals surface area contributed by atoms with Crippen molar-refractivity contribution in [2.24, 2.45) is 0 Å². The quantitative estimate of drug-likeness (QED) is 0.485. The summed E-state index contributed by atoms with van der Waals surface area (Å²) in [5.41, 5.74) is 0. The Morgan fingerprint density at radius 1 is 0.462 bits per heavy atom. The van der Waals surface area contributed by atoms with Crippen LogP contribution in [0, 0.1) is 0 Å². The van der Waals surface area contributed by atoms with E-state index < -0.39 is 0 Å². The molecule has 68 valence electrons. The second-order valence-electron chi connectivity index (χ2n) is 2.91. The smallest absolute Gasteiger partial charge is 0.0166 e. The van der Waals surface area contributed by atoms with E-state index in [9.17, 15) is 0 Å². The van der Waals surface area contributed by atoms with E-state index >= 15 is 0 Å². The van der Waals surface area contributed by atoms with E-state index in [1.54, 1.807) is 0 Å². The van der Waals surface area contributed by atoms with E-state index in [0.29, 0.717) is 0 Å². The fraction of sp³-hybridized carbons (Fsp3) is 0.231. The Morgan fingerprint density at radius 2 is 1.08 bits per heavy atom. The molecule has 1 aliphatic carbocycles. The normalized spacial score (nSPS) is 27.7. The van der Waals surface area contributed by atoms with Gasteiger partial charge in [-0.1, -0.05) is 60.8 Å². The summed E-state index contributed by atoms with van der Waals surface area (Å²) in [6.07, 6.45) is 24.5. The minimum Gasteiger partial charge on any atom is -0.0879 e. The van der Waals surface area contributed by atoms with Crippen molar-refractivity contribution in [1.82, 2.24) is 0 Å². The molecule has 0 aliphatic heterocycles. The van der Waals surface area contributed by atoms with Crippen LogP contribution in [0.2, 0.25) is 0 Å². The van der Waals surface area contributed by atoms with Crippen LogP contribution in [0.1, 0.15) is 19.3 Å². The summed E-state index contributed by atoms with van der Waals surface area (Å²) in [5.74, 6) is 0. The first-order valence-electron chi connectivity index (χ1n) is 4.80. The van der Waals surface area contributed by atoms with Crippen LogP contribution >= 0.6 is 0 Å². The lowest BCUT2D eigenvalue weighted by Crippen LogP contribution is -1.64. The highest BCUT2D eigenvalue weighted by Gasteiger charge is 1.76. The second-order valence-corrected chi connectivity index (χ2v) is 2.91. The van der Waals surface area contributed by atoms with Gasteiger partial charge < -0.3 is 0 Å². The molecule has 0 aromatic heterocycles. The molecular formula is C13H16. The molecule has 1 aliphatic rings. The molecule has 0 saturated heterocycles. The molecule has 1 rings (SSSR count). The molecule has 0 aromatic rings. The first kappa shape index (κ1) is 9.79. The lowest BCUT2D eigenvalue weighted by atomic mass is 10.2. The lowest BCUT2D eigenvalue weighted by molar-refractivity contribution is 1.04. The Balaban J connectivity index is 2.50. The Morgan fingerprint density at radius 3 is 1.92 bits per heavy atom. The lowest BCUT2D eigenvalue weighted by Gasteiger charge is -1.84. The van der Waals surface area contributed by atoms with Crippen LogP contribution in [0.15, 0.2) is 60.8 Å². The van der Waals surface area contributed by atoms with Crippen LogP contribution in [0.4, 0.5) is 0 Å². The molecular weight excluding hydrogens is 156 g/mol. The van der Waals surface area contributed by atoms with Gasteiger partial charge in [0.15, 0.2) is 0 Å². The molecule has 0 radical (unpaired) electrons. The molecule has 0 bridgehead atoms. The van der Waals surface area contributed by atoms with Crippen molar-refractivity contribution in [2.75, 3.05) is 0 Å². The SMILES string of the molecule is C1=CCC/C=C/C=C/C=C\C=C\C1. The predicted molar refractivity (Wildman–Crippen MR) is 59.6 cm³/mol. The van der Waals surface area contributed by atoms with E-state index in [-0.39, 0.29) is 0 Å². The molecule has 0 N–H and O–H groups in total. The zero-order valence-electron chi connectivity index (χ0n) is 7.89. The summed E-state index contributed by atoms with van der Waals surface area (Å²) >= 11 is 0. The molecule has 0 heteroatoms. The van der Waals surface area contributed by atoms with Gasteiger partial charge in [0, 0.05) is 0 Å². The molecule has 0 amide bonds. The Hall–Kier alpha value is -1.30. The van der Waals surface area contributed by atoms with Crippen LogP contribution in [0.25, 0.3) is 0 Å². The van der Waals surface area contributed by atoms with Crippen molar-refractivity contribution in [1.29, 1.82) is 0 Å². The van der Waals surface area contributed by atoms with Crippen molar-refractivity contribution in [2.45, 2.75) is 19.3 Å². The molecule has 0 nitrogen and oxygen atoms in total. The first-order valence-corrected chi connectivity index (χ1v) is 4.80. The van der Waals surface area contributed by atoms with Gasteiger partial charge in [-0.15, -0.1) is 0 Å². The van der Waals surface area contributed by atoms with E-state index in [2.05, 4.69) is 48.6 Å². The Labute approximate surface area is 80.7 Å². The third-order valence-corrected chi connectivity index (χ3v) is 1.77. The van der Waals surface area contributed by atoms with Crippen LogP contribution in [0.5, 0.6) is 0 Å². The molecule has 0 spiro atoms. The van der Waals surface area contributed by atoms with Gasteiger partial charge in [0.2, 0.25) is 0 Å². The highest BCUT2D eigenvalue weighted by atomic mass is 13.8. The third-order valence-electron chi connectivity index (χ3n) is 1.77. The number of allylic oxidation sites excluding steroid dienone is 10. The van der Waals surface area contributed by atoms with Gasteiger partial charge in [-0.3, -0.25) is 0 Å². The zero-order chi connectivity index (χ0) is 9.19. The predicted octanol–water partition coefficient (Wildman–Crippen LogP) is 3.95. The summed E-state index contributed by atoms with van der Waals surface area (Å²) in [6.45, 7) is 0. The number of hydrogen-bond donors (Lipinski definition) is 0. The van der Waals surface area contributed by atoms with E-state index in [0.717, 1.165) is 19.3 Å². The van der Waals surface area contributed by atoms with Gasteiger partial charge in [-0.2, -0.15) is 0 Å². The van der Waals surface area contributed by atoms with Gasteiger partial charge in [-0.05, 0) is 19.3 Å². The molecule has 0 saturated carbocycles. The maximum Gasteiger partial charge on any atom is -0.0166 e. The topological polar surface area (TPSA) is 0 Å². The third kappa shape index (κ3) is 5.92. The Kier molecular flexibility index (Phi) is 5.54. The monoisotopic (exact) mass is 172 g/mol. The summed E-state index contributed by atoms with van der Waals surface area (Å²) in [7, 11) is 0. The highest BCUT2D eigenvalue weighted by Crippen LogP contribution is 1.96. The van der Waals surface area contributed by atoms with Crippen LogP contribution in [-0.2, 0) is 0 Å². The van der Waals surface area contributed by atoms with Crippen LogP contribution in [-0.4, -0.2) is 0 Å². The van der Waals surface area contributed by atoms with E-state index in [1.807, 2.05) is 12.2 Å². The summed E-state index contributed by atoms with van der Waals surface area (Å²) in [6, 6.07) is 0. The summed E-state index contributed by atoms with van der Waals surface area (Å²) in [5, 5.41) is 0. The number of rotatable bonds is 0. The average Bonchev–Trinajstić information content (AvgIpc) is 2.18. The highest BCUT2D eigenvalue weighted by molar-refractivity contribution is 5.16. The summed E-state index contributed by atoms with van der Waals surface area (Å²) < 4.78 is 0. The van der Waals surface area contributed by atoms with Crippen molar-refractivity contribution < 1.29 is 0 Å². The van der Waals surface area contributed by atoms with Crippen molar-refractivity contribution >= 4 is 0 Å². The standard InChI is InChI=1S/C13H16/c1-2-4-6-8-10-12-13-11-9-7-5-3-1/h1-8,11,13H,9-10,12H2/b3-1-,4-2+,7-5+,8-6+,13-11?. The fourth-order valence-electron chi connectivity index (χ4n) is 1.07. The van der Waals surface area contributed by atoms with Crippen molar-refractivity contribution in [3.05, 3.63) is 60.8 Å². The molecule has 0 unspecified atom stereocenters. The molecule has 0 aromatic carbocycles. The van der Waals surface area contributed by atoms with Gasteiger partial charge >= 0.3 is 0 Å². The largest absolute Gasteiger partial charge is 0.0879 e. The van der Waals surface area contributed by atoms with Crippen LogP contribution < -0.4 is 0 Å². The van der Waals surface area contributed by atoms with Gasteiger partial charge in [-0.25, -0.2) is 0 Å². The second kappa shape index (κ2) is 7.35. The van der Waals surface area contributed by atoms with Crippen LogP contribution in [0.3, 0.4) is 0 Å². The van der Waals surface area contributed by atoms with Crippen molar-refractivity contribution in [3.63, 3.8) is 0 Å². The Bertz CT molecular complexity index is 249. The van der Waals surface area contributed by atoms with E-state index in [1.165, 1.54) is 0 Å².